The van der Waals surface area contributed by atoms with E-state index in [4.69, 9.17) is 9.84 Å². The molecule has 2 aromatic rings. The zero-order chi connectivity index (χ0) is 18.5. The van der Waals surface area contributed by atoms with Crippen LogP contribution in [0.25, 0.3) is 0 Å². The number of halogens is 3. The van der Waals surface area contributed by atoms with Crippen molar-refractivity contribution in [3.8, 4) is 11.6 Å². The smallest absolute Gasteiger partial charge is 0.475 e. The van der Waals surface area contributed by atoms with Crippen LogP contribution in [0, 0.1) is 0 Å². The van der Waals surface area contributed by atoms with Gasteiger partial charge in [-0.15, -0.1) is 0 Å². The molecule has 1 aromatic carbocycles. The van der Waals surface area contributed by atoms with Crippen molar-refractivity contribution in [1.29, 1.82) is 0 Å². The zero-order valence-electron chi connectivity index (χ0n) is 12.7. The normalized spacial score (nSPS) is 12.0. The maximum absolute atomic E-state index is 12.5. The highest BCUT2D eigenvalue weighted by Gasteiger charge is 2.48. The second-order valence-corrected chi connectivity index (χ2v) is 6.35. The third kappa shape index (κ3) is 5.07. The summed E-state index contributed by atoms with van der Waals surface area (Å²) in [6.07, 6.45) is 0.0277. The van der Waals surface area contributed by atoms with Gasteiger partial charge in [0.2, 0.25) is 5.88 Å². The van der Waals surface area contributed by atoms with Crippen molar-refractivity contribution in [2.45, 2.75) is 11.9 Å². The van der Waals surface area contributed by atoms with E-state index in [0.29, 0.717) is 5.56 Å². The lowest BCUT2D eigenvalue weighted by molar-refractivity contribution is -0.0500. The molecule has 2 rings (SSSR count). The summed E-state index contributed by atoms with van der Waals surface area (Å²) in [6, 6.07) is 10.8. The van der Waals surface area contributed by atoms with Gasteiger partial charge >= 0.3 is 15.6 Å². The van der Waals surface area contributed by atoms with Crippen LogP contribution in [0.1, 0.15) is 11.3 Å². The molecular weight excluding hydrogens is 363 g/mol. The Bertz CT molecular complexity index is 810. The molecule has 10 heteroatoms. The number of pyridine rings is 1. The van der Waals surface area contributed by atoms with Crippen LogP contribution in [0.15, 0.2) is 42.5 Å². The Morgan fingerprint density at radius 1 is 1.08 bits per heavy atom. The fourth-order valence-corrected chi connectivity index (χ4v) is 2.34. The van der Waals surface area contributed by atoms with E-state index in [1.54, 1.807) is 30.3 Å². The van der Waals surface area contributed by atoms with Crippen LogP contribution in [0.3, 0.4) is 0 Å². The van der Waals surface area contributed by atoms with Crippen LogP contribution >= 0.6 is 0 Å². The lowest BCUT2D eigenvalue weighted by Crippen LogP contribution is -2.28. The van der Waals surface area contributed by atoms with E-state index in [0.717, 1.165) is 12.1 Å². The van der Waals surface area contributed by atoms with Crippen molar-refractivity contribution in [1.82, 2.24) is 4.98 Å². The molecule has 0 amide bonds. The van der Waals surface area contributed by atoms with Crippen molar-refractivity contribution in [3.63, 3.8) is 0 Å². The van der Waals surface area contributed by atoms with Crippen LogP contribution in [0.5, 0.6) is 11.6 Å². The number of nitrogens with zero attached hydrogens (tertiary/aromatic N) is 1. The third-order valence-corrected chi connectivity index (χ3v) is 3.91. The van der Waals surface area contributed by atoms with Gasteiger partial charge in [0.25, 0.3) is 0 Å². The van der Waals surface area contributed by atoms with Gasteiger partial charge in [0.15, 0.2) is 5.75 Å². The van der Waals surface area contributed by atoms with E-state index in [1.807, 2.05) is 0 Å². The average molecular weight is 377 g/mol. The first-order chi connectivity index (χ1) is 11.7. The van der Waals surface area contributed by atoms with Gasteiger partial charge in [-0.3, -0.25) is 0 Å². The number of benzene rings is 1. The molecular formula is C15H14F3NO5S. The van der Waals surface area contributed by atoms with Crippen LogP contribution in [0.4, 0.5) is 13.2 Å². The molecule has 1 heterocycles. The Morgan fingerprint density at radius 2 is 1.76 bits per heavy atom. The molecule has 0 aliphatic carbocycles. The highest BCUT2D eigenvalue weighted by molar-refractivity contribution is 7.88. The van der Waals surface area contributed by atoms with E-state index in [2.05, 4.69) is 9.17 Å². The van der Waals surface area contributed by atoms with E-state index in [-0.39, 0.29) is 31.2 Å². The first-order valence-electron chi connectivity index (χ1n) is 7.01. The van der Waals surface area contributed by atoms with Gasteiger partial charge in [0, 0.05) is 12.5 Å². The molecule has 0 radical (unpaired) electrons. The van der Waals surface area contributed by atoms with Gasteiger partial charge in [-0.1, -0.05) is 30.3 Å². The van der Waals surface area contributed by atoms with Gasteiger partial charge in [-0.25, -0.2) is 4.98 Å². The lowest BCUT2D eigenvalue weighted by atomic mass is 10.1. The SMILES string of the molecule is O=S(=O)(Oc1ccc(OCCO)nc1Cc1ccccc1)C(F)(F)F. The molecule has 0 bridgehead atoms. The minimum absolute atomic E-state index is 0.0248. The van der Waals surface area contributed by atoms with Crippen molar-refractivity contribution in [3.05, 3.63) is 53.7 Å². The molecule has 6 nitrogen and oxygen atoms in total. The van der Waals surface area contributed by atoms with Crippen molar-refractivity contribution in [2.24, 2.45) is 0 Å². The van der Waals surface area contributed by atoms with Crippen LogP contribution in [0.2, 0.25) is 0 Å². The molecule has 0 saturated carbocycles. The average Bonchev–Trinajstić information content (AvgIpc) is 2.55. The molecule has 0 atom stereocenters. The van der Waals surface area contributed by atoms with Gasteiger partial charge in [-0.05, 0) is 11.6 Å². The fourth-order valence-electron chi connectivity index (χ4n) is 1.86. The number of alkyl halides is 3. The summed E-state index contributed by atoms with van der Waals surface area (Å²) in [6.45, 7) is -0.352. The maximum Gasteiger partial charge on any atom is 0.534 e. The van der Waals surface area contributed by atoms with E-state index in [9.17, 15) is 21.6 Å². The van der Waals surface area contributed by atoms with E-state index in [1.165, 1.54) is 0 Å². The van der Waals surface area contributed by atoms with Gasteiger partial charge in [-0.2, -0.15) is 21.6 Å². The number of aromatic nitrogens is 1. The second-order valence-electron chi connectivity index (χ2n) is 4.81. The van der Waals surface area contributed by atoms with Gasteiger partial charge in [0.05, 0.1) is 12.3 Å². The Labute approximate surface area is 142 Å². The first-order valence-corrected chi connectivity index (χ1v) is 8.42. The summed E-state index contributed by atoms with van der Waals surface area (Å²) in [5.41, 5.74) is -4.92. The predicted molar refractivity (Wildman–Crippen MR) is 81.7 cm³/mol. The Morgan fingerprint density at radius 3 is 2.36 bits per heavy atom. The fraction of sp³-hybridized carbons (Fsp3) is 0.267. The molecule has 1 N–H and O–H groups in total. The van der Waals surface area contributed by atoms with E-state index < -0.39 is 21.4 Å². The number of rotatable bonds is 7. The summed E-state index contributed by atoms with van der Waals surface area (Å²) in [5.74, 6) is -0.519. The number of ether oxygens (including phenoxy) is 1. The van der Waals surface area contributed by atoms with Crippen molar-refractivity contribution >= 4 is 10.1 Å². The Kier molecular flexibility index (Phi) is 5.85. The molecule has 1 aromatic heterocycles. The quantitative estimate of drug-likeness (QED) is 0.589. The summed E-state index contributed by atoms with van der Waals surface area (Å²) < 4.78 is 69.4. The maximum atomic E-state index is 12.5. The Hall–Kier alpha value is -2.33. The minimum atomic E-state index is -5.82. The predicted octanol–water partition coefficient (Wildman–Crippen LogP) is 2.27. The Balaban J connectivity index is 2.37. The topological polar surface area (TPSA) is 85.7 Å². The minimum Gasteiger partial charge on any atom is -0.475 e. The highest BCUT2D eigenvalue weighted by Crippen LogP contribution is 2.30. The molecule has 136 valence electrons. The molecule has 0 aliphatic heterocycles. The van der Waals surface area contributed by atoms with Crippen LogP contribution < -0.4 is 8.92 Å². The number of hydrogen-bond acceptors (Lipinski definition) is 6. The summed E-state index contributed by atoms with van der Waals surface area (Å²) in [7, 11) is -5.82. The molecule has 0 saturated heterocycles. The number of hydrogen-bond donors (Lipinski definition) is 1. The molecule has 0 aliphatic rings. The molecule has 0 spiro atoms. The third-order valence-electron chi connectivity index (χ3n) is 2.95. The summed E-state index contributed by atoms with van der Waals surface area (Å²) in [5, 5.41) is 8.75. The number of aliphatic hydroxyl groups excluding tert-OH is 1. The summed E-state index contributed by atoms with van der Waals surface area (Å²) in [4.78, 5) is 3.98. The first kappa shape index (κ1) is 19.0. The monoisotopic (exact) mass is 377 g/mol. The van der Waals surface area contributed by atoms with Gasteiger partial charge in [0.1, 0.15) is 6.61 Å². The molecule has 0 unspecified atom stereocenters. The van der Waals surface area contributed by atoms with Crippen LogP contribution in [-0.2, 0) is 16.5 Å². The second kappa shape index (κ2) is 7.70. The lowest BCUT2D eigenvalue weighted by Gasteiger charge is -2.14. The van der Waals surface area contributed by atoms with Gasteiger partial charge < -0.3 is 14.0 Å². The largest absolute Gasteiger partial charge is 0.534 e. The van der Waals surface area contributed by atoms with Crippen molar-refractivity contribution < 1.29 is 35.6 Å². The van der Waals surface area contributed by atoms with Crippen molar-refractivity contribution in [2.75, 3.05) is 13.2 Å². The molecule has 25 heavy (non-hydrogen) atoms. The number of aliphatic hydroxyl groups is 1. The highest BCUT2D eigenvalue weighted by atomic mass is 32.2. The summed E-state index contributed by atoms with van der Waals surface area (Å²) >= 11 is 0. The standard InChI is InChI=1S/C15H14F3NO5S/c16-15(17,18)25(21,22)24-13-6-7-14(23-9-8-20)19-12(13)10-11-4-2-1-3-5-11/h1-7,20H,8-10H2. The van der Waals surface area contributed by atoms with Crippen LogP contribution in [-0.4, -0.2) is 37.2 Å². The van der Waals surface area contributed by atoms with E-state index >= 15 is 0 Å². The zero-order valence-corrected chi connectivity index (χ0v) is 13.5. The molecule has 0 fully saturated rings.